The predicted molar refractivity (Wildman–Crippen MR) is 232 cm³/mol. The zero-order chi connectivity index (χ0) is 37.3. The van der Waals surface area contributed by atoms with Crippen molar-refractivity contribution in [3.63, 3.8) is 0 Å². The fraction of sp³-hybridized carbons (Fsp3) is 0.0943. The molecule has 0 aliphatic heterocycles. The summed E-state index contributed by atoms with van der Waals surface area (Å²) in [6.07, 6.45) is 0. The lowest BCUT2D eigenvalue weighted by Gasteiger charge is -2.26. The van der Waals surface area contributed by atoms with Gasteiger partial charge in [0.15, 0.2) is 0 Å². The highest BCUT2D eigenvalue weighted by molar-refractivity contribution is 6.12. The van der Waals surface area contributed by atoms with E-state index in [2.05, 4.69) is 196 Å². The van der Waals surface area contributed by atoms with Crippen LogP contribution in [0.25, 0.3) is 66.4 Å². The summed E-state index contributed by atoms with van der Waals surface area (Å²) in [5.74, 6) is 0. The molecule has 0 saturated carbocycles. The van der Waals surface area contributed by atoms with Gasteiger partial charge >= 0.3 is 0 Å². The summed E-state index contributed by atoms with van der Waals surface area (Å²) in [6, 6.07) is 63.9. The Morgan fingerprint density at radius 1 is 0.436 bits per heavy atom. The topological polar surface area (TPSA) is 16.4 Å². The zero-order valence-corrected chi connectivity index (χ0v) is 31.6. The van der Waals surface area contributed by atoms with E-state index in [4.69, 9.17) is 4.42 Å². The van der Waals surface area contributed by atoms with Crippen LogP contribution in [0, 0.1) is 13.8 Å². The van der Waals surface area contributed by atoms with E-state index in [0.717, 1.165) is 44.6 Å². The molecule has 1 aliphatic rings. The van der Waals surface area contributed by atoms with Gasteiger partial charge in [-0.1, -0.05) is 141 Å². The van der Waals surface area contributed by atoms with E-state index in [1.807, 2.05) is 12.1 Å². The van der Waals surface area contributed by atoms with Gasteiger partial charge < -0.3 is 9.32 Å². The Kier molecular flexibility index (Phi) is 7.64. The molecule has 0 radical (unpaired) electrons. The molecule has 0 atom stereocenters. The van der Waals surface area contributed by atoms with Crippen LogP contribution < -0.4 is 4.90 Å². The lowest BCUT2D eigenvalue weighted by molar-refractivity contribution is 0.659. The van der Waals surface area contributed by atoms with Crippen LogP contribution in [0.2, 0.25) is 0 Å². The van der Waals surface area contributed by atoms with Crippen molar-refractivity contribution in [1.29, 1.82) is 0 Å². The van der Waals surface area contributed by atoms with E-state index in [9.17, 15) is 0 Å². The number of para-hydroxylation sites is 1. The maximum atomic E-state index is 6.24. The SMILES string of the molecule is Cc1cc(C)c2c(c1)C(C)(C)c1ccc(-c3cccc(N(c4ccc(-c5ccccc5)cc4)c4ccc(-c5cccc6oc7ccccc7c56)cc4)c3)cc1-2. The molecule has 0 amide bonds. The summed E-state index contributed by atoms with van der Waals surface area (Å²) in [5, 5.41) is 2.29. The molecule has 0 bridgehead atoms. The Labute approximate surface area is 323 Å². The van der Waals surface area contributed by atoms with Crippen molar-refractivity contribution in [1.82, 2.24) is 0 Å². The van der Waals surface area contributed by atoms with Crippen LogP contribution >= 0.6 is 0 Å². The van der Waals surface area contributed by atoms with Crippen molar-refractivity contribution in [2.24, 2.45) is 0 Å². The Balaban J connectivity index is 1.08. The van der Waals surface area contributed by atoms with E-state index < -0.39 is 0 Å². The molecule has 0 N–H and O–H groups in total. The van der Waals surface area contributed by atoms with Crippen LogP contribution in [-0.4, -0.2) is 0 Å². The maximum Gasteiger partial charge on any atom is 0.136 e. The number of hydrogen-bond acceptors (Lipinski definition) is 2. The van der Waals surface area contributed by atoms with Crippen molar-refractivity contribution < 1.29 is 4.42 Å². The van der Waals surface area contributed by atoms with Crippen LogP contribution in [-0.2, 0) is 5.41 Å². The van der Waals surface area contributed by atoms with Gasteiger partial charge in [0.2, 0.25) is 0 Å². The van der Waals surface area contributed by atoms with Gasteiger partial charge in [0.25, 0.3) is 0 Å². The maximum absolute atomic E-state index is 6.24. The minimum atomic E-state index is -0.0348. The van der Waals surface area contributed by atoms with Gasteiger partial charge in [0.05, 0.1) is 0 Å². The average molecular weight is 708 g/mol. The lowest BCUT2D eigenvalue weighted by atomic mass is 9.81. The standard InChI is InChI=1S/C53H41NO/c1-34-30-35(2)51-46-33-40(24-29-47(46)53(3,4)48(51)31-34)39-14-10-15-43(32-39)54(41-25-20-37(21-26-41)36-12-6-5-7-13-36)42-27-22-38(23-28-42)44-17-11-19-50-52(44)45-16-8-9-18-49(45)55-50/h5-33H,1-4H3. The third-order valence-corrected chi connectivity index (χ3v) is 11.6. The Bertz CT molecular complexity index is 2890. The van der Waals surface area contributed by atoms with Crippen molar-refractivity contribution in [2.45, 2.75) is 33.1 Å². The second-order valence-electron chi connectivity index (χ2n) is 15.5. The Morgan fingerprint density at radius 2 is 1.05 bits per heavy atom. The molecule has 0 fully saturated rings. The van der Waals surface area contributed by atoms with Crippen LogP contribution in [0.5, 0.6) is 0 Å². The minimum Gasteiger partial charge on any atom is -0.456 e. The number of anilines is 3. The van der Waals surface area contributed by atoms with E-state index in [0.29, 0.717) is 0 Å². The van der Waals surface area contributed by atoms with Gasteiger partial charge in [-0.3, -0.25) is 0 Å². The van der Waals surface area contributed by atoms with Crippen LogP contribution in [0.15, 0.2) is 180 Å². The molecule has 2 nitrogen and oxygen atoms in total. The molecule has 2 heteroatoms. The highest BCUT2D eigenvalue weighted by Gasteiger charge is 2.36. The summed E-state index contributed by atoms with van der Waals surface area (Å²) in [7, 11) is 0. The van der Waals surface area contributed by atoms with Gasteiger partial charge in [-0.2, -0.15) is 0 Å². The number of rotatable bonds is 6. The van der Waals surface area contributed by atoms with E-state index in [1.54, 1.807) is 0 Å². The smallest absolute Gasteiger partial charge is 0.136 e. The Hall–Kier alpha value is -6.64. The van der Waals surface area contributed by atoms with Crippen molar-refractivity contribution in [2.75, 3.05) is 4.90 Å². The fourth-order valence-corrected chi connectivity index (χ4v) is 8.95. The lowest BCUT2D eigenvalue weighted by Crippen LogP contribution is -2.15. The molecule has 264 valence electrons. The van der Waals surface area contributed by atoms with Crippen LogP contribution in [0.4, 0.5) is 17.1 Å². The summed E-state index contributed by atoms with van der Waals surface area (Å²) in [6.45, 7) is 9.19. The first-order chi connectivity index (χ1) is 26.8. The minimum absolute atomic E-state index is 0.0348. The third kappa shape index (κ3) is 5.48. The second-order valence-corrected chi connectivity index (χ2v) is 15.5. The first-order valence-electron chi connectivity index (χ1n) is 19.2. The molecule has 0 saturated heterocycles. The molecular weight excluding hydrogens is 667 g/mol. The second kappa shape index (κ2) is 12.7. The van der Waals surface area contributed by atoms with Crippen molar-refractivity contribution >= 4 is 39.0 Å². The van der Waals surface area contributed by atoms with Gasteiger partial charge in [-0.25, -0.2) is 0 Å². The van der Waals surface area contributed by atoms with Gasteiger partial charge in [-0.15, -0.1) is 0 Å². The predicted octanol–water partition coefficient (Wildman–Crippen LogP) is 15.0. The molecule has 10 rings (SSSR count). The average Bonchev–Trinajstić information content (AvgIpc) is 3.71. The number of aryl methyl sites for hydroxylation is 2. The molecule has 1 aliphatic carbocycles. The monoisotopic (exact) mass is 707 g/mol. The Morgan fingerprint density at radius 3 is 1.84 bits per heavy atom. The molecule has 9 aromatic rings. The number of furan rings is 1. The highest BCUT2D eigenvalue weighted by Crippen LogP contribution is 2.51. The molecular formula is C53H41NO. The number of nitrogens with zero attached hydrogens (tertiary/aromatic N) is 1. The fourth-order valence-electron chi connectivity index (χ4n) is 8.95. The quantitative estimate of drug-likeness (QED) is 0.171. The number of fused-ring (bicyclic) bond motifs is 6. The van der Waals surface area contributed by atoms with Crippen LogP contribution in [0.1, 0.15) is 36.1 Å². The largest absolute Gasteiger partial charge is 0.456 e. The van der Waals surface area contributed by atoms with Crippen LogP contribution in [0.3, 0.4) is 0 Å². The number of hydrogen-bond donors (Lipinski definition) is 0. The van der Waals surface area contributed by atoms with Crippen molar-refractivity contribution in [3.05, 3.63) is 198 Å². The third-order valence-electron chi connectivity index (χ3n) is 11.6. The highest BCUT2D eigenvalue weighted by atomic mass is 16.3. The molecule has 8 aromatic carbocycles. The van der Waals surface area contributed by atoms with E-state index in [1.165, 1.54) is 61.2 Å². The molecule has 0 spiro atoms. The summed E-state index contributed by atoms with van der Waals surface area (Å²) >= 11 is 0. The summed E-state index contributed by atoms with van der Waals surface area (Å²) in [4.78, 5) is 2.37. The van der Waals surface area contributed by atoms with Gasteiger partial charge in [-0.05, 0) is 130 Å². The first-order valence-corrected chi connectivity index (χ1v) is 19.2. The van der Waals surface area contributed by atoms with Gasteiger partial charge in [0.1, 0.15) is 11.2 Å². The zero-order valence-electron chi connectivity index (χ0n) is 31.6. The van der Waals surface area contributed by atoms with E-state index >= 15 is 0 Å². The van der Waals surface area contributed by atoms with E-state index in [-0.39, 0.29) is 5.41 Å². The number of benzene rings is 8. The molecule has 0 unspecified atom stereocenters. The van der Waals surface area contributed by atoms with Crippen molar-refractivity contribution in [3.8, 4) is 44.5 Å². The van der Waals surface area contributed by atoms with Gasteiger partial charge in [0, 0.05) is 33.2 Å². The molecule has 1 heterocycles. The molecule has 1 aromatic heterocycles. The summed E-state index contributed by atoms with van der Waals surface area (Å²) < 4.78 is 6.24. The first kappa shape index (κ1) is 33.0. The summed E-state index contributed by atoms with van der Waals surface area (Å²) in [5.41, 5.74) is 20.5. The normalized spacial score (nSPS) is 12.9. The molecule has 55 heavy (non-hydrogen) atoms.